The summed E-state index contributed by atoms with van der Waals surface area (Å²) in [5.74, 6) is -5.75. The number of rotatable bonds is 9. The summed E-state index contributed by atoms with van der Waals surface area (Å²) in [5.41, 5.74) is 1.12. The Balaban J connectivity index is 1.52. The maximum absolute atomic E-state index is 15.7. The second kappa shape index (κ2) is 10.5. The summed E-state index contributed by atoms with van der Waals surface area (Å²) in [7, 11) is 0. The SMILES string of the molecule is CCCCN1CC(Nc2cc(F)c([C@@H]3c4[nH]c5cccc(F)c5c4C[C@@H](C)N3CC(F)(F)CO)c(F)c2)C1. The summed E-state index contributed by atoms with van der Waals surface area (Å²) in [6.07, 6.45) is 2.39. The topological polar surface area (TPSA) is 54.5 Å². The van der Waals surface area contributed by atoms with Crippen molar-refractivity contribution >= 4 is 16.6 Å². The predicted molar refractivity (Wildman–Crippen MR) is 137 cm³/mol. The number of aromatic amines is 1. The molecule has 10 heteroatoms. The fourth-order valence-electron chi connectivity index (χ4n) is 5.83. The lowest BCUT2D eigenvalue weighted by Crippen LogP contribution is -2.54. The van der Waals surface area contributed by atoms with E-state index in [-0.39, 0.29) is 29.4 Å². The number of aromatic nitrogens is 1. The molecule has 5 nitrogen and oxygen atoms in total. The van der Waals surface area contributed by atoms with Gasteiger partial charge in [0.1, 0.15) is 24.1 Å². The number of aliphatic hydroxyl groups excluding tert-OH is 1. The molecule has 1 aromatic heterocycles. The zero-order chi connectivity index (χ0) is 27.2. The number of halogens is 5. The Morgan fingerprint density at radius 2 is 1.82 bits per heavy atom. The number of hydrogen-bond acceptors (Lipinski definition) is 4. The third kappa shape index (κ3) is 5.01. The van der Waals surface area contributed by atoms with E-state index in [0.717, 1.165) is 32.5 Å². The van der Waals surface area contributed by atoms with E-state index in [9.17, 15) is 18.3 Å². The highest BCUT2D eigenvalue weighted by molar-refractivity contribution is 5.86. The lowest BCUT2D eigenvalue weighted by Gasteiger charge is -2.42. The average molecular weight is 537 g/mol. The van der Waals surface area contributed by atoms with Crippen molar-refractivity contribution in [1.29, 1.82) is 0 Å². The number of nitrogens with zero attached hydrogens (tertiary/aromatic N) is 2. The highest BCUT2D eigenvalue weighted by Gasteiger charge is 2.44. The lowest BCUT2D eigenvalue weighted by molar-refractivity contribution is -0.0869. The van der Waals surface area contributed by atoms with Crippen LogP contribution in [-0.4, -0.2) is 70.7 Å². The number of alkyl halides is 2. The molecule has 3 aromatic rings. The van der Waals surface area contributed by atoms with Gasteiger partial charge < -0.3 is 15.4 Å². The van der Waals surface area contributed by atoms with Crippen LogP contribution in [0.3, 0.4) is 0 Å². The first-order chi connectivity index (χ1) is 18.1. The van der Waals surface area contributed by atoms with Gasteiger partial charge in [0.2, 0.25) is 0 Å². The quantitative estimate of drug-likeness (QED) is 0.319. The third-order valence-corrected chi connectivity index (χ3v) is 7.73. The molecule has 206 valence electrons. The summed E-state index contributed by atoms with van der Waals surface area (Å²) >= 11 is 0. The summed E-state index contributed by atoms with van der Waals surface area (Å²) in [6, 6.07) is 5.04. The van der Waals surface area contributed by atoms with Crippen LogP contribution in [0.25, 0.3) is 10.9 Å². The van der Waals surface area contributed by atoms with E-state index < -0.39 is 48.6 Å². The summed E-state index contributed by atoms with van der Waals surface area (Å²) < 4.78 is 75.1. The molecular weight excluding hydrogens is 503 g/mol. The van der Waals surface area contributed by atoms with E-state index >= 15 is 8.78 Å². The Labute approximate surface area is 218 Å². The summed E-state index contributed by atoms with van der Waals surface area (Å²) in [5, 5.41) is 12.7. The van der Waals surface area contributed by atoms with Crippen molar-refractivity contribution in [3.63, 3.8) is 0 Å². The van der Waals surface area contributed by atoms with Gasteiger partial charge in [-0.1, -0.05) is 19.4 Å². The number of aliphatic hydroxyl groups is 1. The first kappa shape index (κ1) is 26.9. The molecule has 0 spiro atoms. The van der Waals surface area contributed by atoms with E-state index in [0.29, 0.717) is 16.5 Å². The molecule has 0 radical (unpaired) electrons. The van der Waals surface area contributed by atoms with Gasteiger partial charge >= 0.3 is 0 Å². The first-order valence-electron chi connectivity index (χ1n) is 13.1. The van der Waals surface area contributed by atoms with Crippen molar-refractivity contribution in [3.8, 4) is 0 Å². The zero-order valence-electron chi connectivity index (χ0n) is 21.5. The number of benzene rings is 2. The molecule has 2 aliphatic rings. The van der Waals surface area contributed by atoms with Crippen LogP contribution in [0, 0.1) is 17.5 Å². The van der Waals surface area contributed by atoms with Gasteiger partial charge in [0.15, 0.2) is 0 Å². The zero-order valence-corrected chi connectivity index (χ0v) is 21.5. The molecule has 1 fully saturated rings. The van der Waals surface area contributed by atoms with E-state index in [1.165, 1.54) is 29.2 Å². The maximum Gasteiger partial charge on any atom is 0.283 e. The normalized spacial score (nSPS) is 21.1. The minimum Gasteiger partial charge on any atom is -0.390 e. The van der Waals surface area contributed by atoms with E-state index in [1.54, 1.807) is 13.0 Å². The van der Waals surface area contributed by atoms with Gasteiger partial charge in [-0.05, 0) is 56.1 Å². The van der Waals surface area contributed by atoms with E-state index in [1.807, 2.05) is 0 Å². The number of anilines is 1. The fourth-order valence-corrected chi connectivity index (χ4v) is 5.83. The Morgan fingerprint density at radius 3 is 2.47 bits per heavy atom. The minimum atomic E-state index is -3.50. The minimum absolute atomic E-state index is 0.0641. The second-order valence-electron chi connectivity index (χ2n) is 10.6. The molecule has 38 heavy (non-hydrogen) atoms. The summed E-state index contributed by atoms with van der Waals surface area (Å²) in [6.45, 7) is 4.01. The van der Waals surface area contributed by atoms with Crippen LogP contribution in [0.4, 0.5) is 27.6 Å². The molecule has 5 rings (SSSR count). The monoisotopic (exact) mass is 536 g/mol. The molecule has 3 N–H and O–H groups in total. The van der Waals surface area contributed by atoms with Crippen LogP contribution < -0.4 is 5.32 Å². The summed E-state index contributed by atoms with van der Waals surface area (Å²) in [4.78, 5) is 6.61. The first-order valence-corrected chi connectivity index (χ1v) is 13.1. The van der Waals surface area contributed by atoms with E-state index in [4.69, 9.17) is 0 Å². The Bertz CT molecular complexity index is 1280. The molecule has 1 saturated heterocycles. The van der Waals surface area contributed by atoms with Crippen LogP contribution in [0.1, 0.15) is 49.6 Å². The largest absolute Gasteiger partial charge is 0.390 e. The molecule has 0 unspecified atom stereocenters. The number of hydrogen-bond donors (Lipinski definition) is 3. The molecule has 0 amide bonds. The number of likely N-dealkylation sites (tertiary alicyclic amines) is 1. The van der Waals surface area contributed by atoms with Crippen LogP contribution in [0.15, 0.2) is 30.3 Å². The molecule has 2 aromatic carbocycles. The average Bonchev–Trinajstić information content (AvgIpc) is 3.21. The Morgan fingerprint density at radius 1 is 1.11 bits per heavy atom. The fraction of sp³-hybridized carbons (Fsp3) is 0.500. The molecule has 2 aliphatic heterocycles. The smallest absolute Gasteiger partial charge is 0.283 e. The highest BCUT2D eigenvalue weighted by Crippen LogP contribution is 2.44. The maximum atomic E-state index is 15.7. The van der Waals surface area contributed by atoms with Gasteiger partial charge in [-0.25, -0.2) is 22.0 Å². The molecular formula is C28H33F5N4O. The number of fused-ring (bicyclic) bond motifs is 3. The number of nitrogens with one attached hydrogen (secondary N) is 2. The van der Waals surface area contributed by atoms with Crippen molar-refractivity contribution < 1.29 is 27.1 Å². The van der Waals surface area contributed by atoms with Crippen molar-refractivity contribution in [2.45, 2.75) is 57.2 Å². The van der Waals surface area contributed by atoms with Gasteiger partial charge in [0.05, 0.1) is 18.6 Å². The molecule has 3 heterocycles. The van der Waals surface area contributed by atoms with Gasteiger partial charge in [-0.15, -0.1) is 0 Å². The van der Waals surface area contributed by atoms with Gasteiger partial charge in [0.25, 0.3) is 5.92 Å². The third-order valence-electron chi connectivity index (χ3n) is 7.73. The molecule has 2 atom stereocenters. The number of H-pyrrole nitrogens is 1. The molecule has 0 aliphatic carbocycles. The second-order valence-corrected chi connectivity index (χ2v) is 10.6. The number of unbranched alkanes of at least 4 members (excludes halogenated alkanes) is 1. The lowest BCUT2D eigenvalue weighted by atomic mass is 9.87. The van der Waals surface area contributed by atoms with Crippen molar-refractivity contribution in [3.05, 3.63) is 64.6 Å². The Kier molecular flexibility index (Phi) is 7.41. The van der Waals surface area contributed by atoms with Crippen LogP contribution >= 0.6 is 0 Å². The van der Waals surface area contributed by atoms with Crippen molar-refractivity contribution in [2.24, 2.45) is 0 Å². The highest BCUT2D eigenvalue weighted by atomic mass is 19.3. The molecule has 0 bridgehead atoms. The van der Waals surface area contributed by atoms with Gasteiger partial charge in [-0.3, -0.25) is 9.80 Å². The Hall–Kier alpha value is -2.69. The van der Waals surface area contributed by atoms with Crippen LogP contribution in [0.5, 0.6) is 0 Å². The molecule has 0 saturated carbocycles. The van der Waals surface area contributed by atoms with E-state index in [2.05, 4.69) is 22.1 Å². The van der Waals surface area contributed by atoms with Crippen LogP contribution in [-0.2, 0) is 6.42 Å². The standard InChI is InChI=1S/C28H33F5N4O/c1-3-4-8-36-12-18(13-36)34-17-10-21(30)25(22(31)11-17)27-26-19(24-20(29)6-5-7-23(24)35-26)9-16(2)37(27)14-28(32,33)15-38/h5-7,10-11,16,18,27,34-35,38H,3-4,8-9,12-15H2,1-2H3/t16-,27-/m1/s1. The van der Waals surface area contributed by atoms with Crippen molar-refractivity contribution in [1.82, 2.24) is 14.8 Å². The van der Waals surface area contributed by atoms with Crippen molar-refractivity contribution in [2.75, 3.05) is 38.1 Å². The predicted octanol–water partition coefficient (Wildman–Crippen LogP) is 5.45. The van der Waals surface area contributed by atoms with Crippen LogP contribution in [0.2, 0.25) is 0 Å². The van der Waals surface area contributed by atoms with Gasteiger partial charge in [0, 0.05) is 47.0 Å². The van der Waals surface area contributed by atoms with Gasteiger partial charge in [-0.2, -0.15) is 0 Å².